The molecular formula is C11H16BrN3. The van der Waals surface area contributed by atoms with Crippen molar-refractivity contribution in [3.05, 3.63) is 28.5 Å². The third-order valence-corrected chi connectivity index (χ3v) is 3.15. The lowest BCUT2D eigenvalue weighted by atomic mass is 10.1. The number of pyridine rings is 1. The summed E-state index contributed by atoms with van der Waals surface area (Å²) in [6.07, 6.45) is 6.39. The molecule has 1 unspecified atom stereocenters. The molecule has 1 fully saturated rings. The first-order chi connectivity index (χ1) is 7.29. The molecule has 15 heavy (non-hydrogen) atoms. The Bertz CT molecular complexity index is 325. The number of nitrogens with zero attached hydrogens (tertiary/aromatic N) is 1. The number of nitrogens with two attached hydrogens (primary N) is 1. The second kappa shape index (κ2) is 5.05. The Morgan fingerprint density at radius 1 is 1.53 bits per heavy atom. The SMILES string of the molecule is NCC(NCC1CC1)c1cncc(Br)c1. The highest BCUT2D eigenvalue weighted by atomic mass is 79.9. The van der Waals surface area contributed by atoms with E-state index in [1.165, 1.54) is 12.8 Å². The smallest absolute Gasteiger partial charge is 0.0460 e. The van der Waals surface area contributed by atoms with Crippen molar-refractivity contribution in [3.8, 4) is 0 Å². The average Bonchev–Trinajstić information content (AvgIpc) is 3.03. The van der Waals surface area contributed by atoms with E-state index in [1.807, 2.05) is 6.20 Å². The molecule has 0 radical (unpaired) electrons. The molecule has 0 saturated heterocycles. The number of hydrogen-bond acceptors (Lipinski definition) is 3. The Hall–Kier alpha value is -0.450. The topological polar surface area (TPSA) is 50.9 Å². The van der Waals surface area contributed by atoms with Crippen molar-refractivity contribution in [3.63, 3.8) is 0 Å². The molecular weight excluding hydrogens is 254 g/mol. The van der Waals surface area contributed by atoms with E-state index < -0.39 is 0 Å². The average molecular weight is 270 g/mol. The van der Waals surface area contributed by atoms with Crippen molar-refractivity contribution in [2.75, 3.05) is 13.1 Å². The Kier molecular flexibility index (Phi) is 3.72. The lowest BCUT2D eigenvalue weighted by molar-refractivity contribution is 0.521. The van der Waals surface area contributed by atoms with E-state index in [-0.39, 0.29) is 6.04 Å². The molecule has 1 heterocycles. The van der Waals surface area contributed by atoms with Crippen LogP contribution in [0.3, 0.4) is 0 Å². The number of halogens is 1. The largest absolute Gasteiger partial charge is 0.329 e. The van der Waals surface area contributed by atoms with Gasteiger partial charge in [-0.25, -0.2) is 0 Å². The quantitative estimate of drug-likeness (QED) is 0.858. The molecule has 3 nitrogen and oxygen atoms in total. The predicted molar refractivity (Wildman–Crippen MR) is 64.5 cm³/mol. The minimum Gasteiger partial charge on any atom is -0.329 e. The molecule has 2 rings (SSSR count). The molecule has 1 atom stereocenters. The Labute approximate surface area is 98.6 Å². The van der Waals surface area contributed by atoms with Gasteiger partial charge in [0.1, 0.15) is 0 Å². The minimum atomic E-state index is 0.232. The molecule has 0 spiro atoms. The zero-order valence-corrected chi connectivity index (χ0v) is 10.2. The van der Waals surface area contributed by atoms with Gasteiger partial charge in [0, 0.05) is 29.5 Å². The van der Waals surface area contributed by atoms with Crippen LogP contribution >= 0.6 is 15.9 Å². The van der Waals surface area contributed by atoms with Crippen LogP contribution in [0.25, 0.3) is 0 Å². The molecule has 1 saturated carbocycles. The Morgan fingerprint density at radius 3 is 2.93 bits per heavy atom. The van der Waals surface area contributed by atoms with Crippen LogP contribution < -0.4 is 11.1 Å². The summed E-state index contributed by atoms with van der Waals surface area (Å²) in [6, 6.07) is 2.31. The fourth-order valence-corrected chi connectivity index (χ4v) is 1.97. The fraction of sp³-hybridized carbons (Fsp3) is 0.545. The fourth-order valence-electron chi connectivity index (χ4n) is 1.59. The van der Waals surface area contributed by atoms with Gasteiger partial charge in [-0.05, 0) is 52.9 Å². The molecule has 1 aliphatic carbocycles. The van der Waals surface area contributed by atoms with Gasteiger partial charge in [0.25, 0.3) is 0 Å². The lowest BCUT2D eigenvalue weighted by Gasteiger charge is -2.16. The van der Waals surface area contributed by atoms with E-state index in [1.54, 1.807) is 6.20 Å². The first-order valence-corrected chi connectivity index (χ1v) is 6.13. The highest BCUT2D eigenvalue weighted by Gasteiger charge is 2.22. The highest BCUT2D eigenvalue weighted by molar-refractivity contribution is 9.10. The minimum absolute atomic E-state index is 0.232. The van der Waals surface area contributed by atoms with Gasteiger partial charge in [-0.15, -0.1) is 0 Å². The number of nitrogens with one attached hydrogen (secondary N) is 1. The molecule has 3 N–H and O–H groups in total. The molecule has 82 valence electrons. The zero-order chi connectivity index (χ0) is 10.7. The summed E-state index contributed by atoms with van der Waals surface area (Å²) in [5.74, 6) is 0.874. The van der Waals surface area contributed by atoms with Gasteiger partial charge in [0.15, 0.2) is 0 Å². The summed E-state index contributed by atoms with van der Waals surface area (Å²) < 4.78 is 1.01. The van der Waals surface area contributed by atoms with Gasteiger partial charge in [-0.3, -0.25) is 4.98 Å². The molecule has 1 aromatic heterocycles. The second-order valence-corrected chi connectivity index (χ2v) is 4.99. The zero-order valence-electron chi connectivity index (χ0n) is 8.62. The molecule has 0 amide bonds. The summed E-state index contributed by atoms with van der Waals surface area (Å²) in [4.78, 5) is 4.15. The molecule has 1 aromatic rings. The van der Waals surface area contributed by atoms with Crippen LogP contribution in [0.1, 0.15) is 24.4 Å². The first kappa shape index (κ1) is 11.0. The number of aromatic nitrogens is 1. The van der Waals surface area contributed by atoms with Crippen LogP contribution in [0.15, 0.2) is 22.9 Å². The molecule has 0 aliphatic heterocycles. The van der Waals surface area contributed by atoms with Gasteiger partial charge < -0.3 is 11.1 Å². The summed E-state index contributed by atoms with van der Waals surface area (Å²) in [7, 11) is 0. The van der Waals surface area contributed by atoms with E-state index in [2.05, 4.69) is 32.3 Å². The maximum atomic E-state index is 5.76. The summed E-state index contributed by atoms with van der Waals surface area (Å²) in [5.41, 5.74) is 6.92. The van der Waals surface area contributed by atoms with E-state index in [0.717, 1.165) is 22.5 Å². The van der Waals surface area contributed by atoms with Crippen LogP contribution in [0.5, 0.6) is 0 Å². The van der Waals surface area contributed by atoms with Crippen molar-refractivity contribution >= 4 is 15.9 Å². The van der Waals surface area contributed by atoms with E-state index in [0.29, 0.717) is 6.54 Å². The predicted octanol–water partition coefficient (Wildman–Crippen LogP) is 1.84. The summed E-state index contributed by atoms with van der Waals surface area (Å²) >= 11 is 3.42. The molecule has 4 heteroatoms. The van der Waals surface area contributed by atoms with E-state index in [4.69, 9.17) is 5.73 Å². The van der Waals surface area contributed by atoms with Crippen molar-refractivity contribution in [2.45, 2.75) is 18.9 Å². The van der Waals surface area contributed by atoms with Crippen molar-refractivity contribution in [2.24, 2.45) is 11.7 Å². The van der Waals surface area contributed by atoms with Crippen molar-refractivity contribution < 1.29 is 0 Å². The summed E-state index contributed by atoms with van der Waals surface area (Å²) in [6.45, 7) is 1.69. The third kappa shape index (κ3) is 3.26. The van der Waals surface area contributed by atoms with Gasteiger partial charge in [0.05, 0.1) is 0 Å². The maximum absolute atomic E-state index is 5.76. The monoisotopic (exact) mass is 269 g/mol. The maximum Gasteiger partial charge on any atom is 0.0460 e. The van der Waals surface area contributed by atoms with Crippen LogP contribution in [0, 0.1) is 5.92 Å². The van der Waals surface area contributed by atoms with Crippen LogP contribution in [0.4, 0.5) is 0 Å². The van der Waals surface area contributed by atoms with Gasteiger partial charge in [0.2, 0.25) is 0 Å². The molecule has 0 aromatic carbocycles. The number of rotatable bonds is 5. The lowest BCUT2D eigenvalue weighted by Crippen LogP contribution is -2.29. The van der Waals surface area contributed by atoms with Crippen molar-refractivity contribution in [1.82, 2.24) is 10.3 Å². The van der Waals surface area contributed by atoms with E-state index >= 15 is 0 Å². The third-order valence-electron chi connectivity index (χ3n) is 2.71. The van der Waals surface area contributed by atoms with Crippen LogP contribution in [0.2, 0.25) is 0 Å². The van der Waals surface area contributed by atoms with Crippen LogP contribution in [-0.4, -0.2) is 18.1 Å². The Balaban J connectivity index is 1.97. The van der Waals surface area contributed by atoms with Gasteiger partial charge in [-0.2, -0.15) is 0 Å². The van der Waals surface area contributed by atoms with Gasteiger partial charge in [-0.1, -0.05) is 0 Å². The highest BCUT2D eigenvalue weighted by Crippen LogP contribution is 2.28. The van der Waals surface area contributed by atoms with Gasteiger partial charge >= 0.3 is 0 Å². The van der Waals surface area contributed by atoms with E-state index in [9.17, 15) is 0 Å². The normalized spacial score (nSPS) is 17.7. The number of hydrogen-bond donors (Lipinski definition) is 2. The molecule has 0 bridgehead atoms. The Morgan fingerprint density at radius 2 is 2.33 bits per heavy atom. The molecule has 1 aliphatic rings. The standard InChI is InChI=1S/C11H16BrN3/c12-10-3-9(6-14-7-10)11(4-13)15-5-8-1-2-8/h3,6-8,11,15H,1-2,4-5,13H2. The first-order valence-electron chi connectivity index (χ1n) is 5.33. The summed E-state index contributed by atoms with van der Waals surface area (Å²) in [5, 5.41) is 3.49. The second-order valence-electron chi connectivity index (χ2n) is 4.08. The van der Waals surface area contributed by atoms with Crippen molar-refractivity contribution in [1.29, 1.82) is 0 Å². The van der Waals surface area contributed by atoms with Crippen LogP contribution in [-0.2, 0) is 0 Å².